The minimum atomic E-state index is -5.02. The Morgan fingerprint density at radius 1 is 1.23 bits per heavy atom. The number of fused-ring (bicyclic) bond motifs is 1. The van der Waals surface area contributed by atoms with Crippen LogP contribution >= 0.6 is 7.82 Å². The Labute approximate surface area is 175 Å². The molecule has 5 unspecified atom stereocenters. The van der Waals surface area contributed by atoms with E-state index in [2.05, 4.69) is 31.3 Å². The first-order chi connectivity index (χ1) is 14.7. The number of aliphatic hydroxyl groups is 2. The largest absolute Gasteiger partial charge is 0.756 e. The van der Waals surface area contributed by atoms with E-state index in [4.69, 9.17) is 15.4 Å². The third-order valence-electron chi connectivity index (χ3n) is 4.55. The van der Waals surface area contributed by atoms with E-state index in [1.165, 1.54) is 10.9 Å². The summed E-state index contributed by atoms with van der Waals surface area (Å²) in [5, 5.41) is 20.6. The smallest absolute Gasteiger partial charge is 0.265 e. The van der Waals surface area contributed by atoms with Gasteiger partial charge in [-0.2, -0.15) is 0 Å². The molecule has 13 heteroatoms. The van der Waals surface area contributed by atoms with Gasteiger partial charge in [-0.3, -0.25) is 9.13 Å². The minimum absolute atomic E-state index is 0.0570. The zero-order valence-corrected chi connectivity index (χ0v) is 16.7. The molecule has 0 spiro atoms. The zero-order chi connectivity index (χ0) is 22.2. The Hall–Kier alpha value is -2.88. The number of hydrogen-bond acceptors (Lipinski definition) is 10. The van der Waals surface area contributed by atoms with Crippen LogP contribution in [0.1, 0.15) is 17.6 Å². The van der Waals surface area contributed by atoms with Crippen LogP contribution in [0.4, 0.5) is 5.82 Å². The predicted octanol–water partition coefficient (Wildman–Crippen LogP) is -1.10. The van der Waals surface area contributed by atoms with Crippen molar-refractivity contribution in [2.75, 3.05) is 12.3 Å². The highest BCUT2D eigenvalue weighted by Crippen LogP contribution is 2.36. The summed E-state index contributed by atoms with van der Waals surface area (Å²) in [6.07, 6.45) is -4.08. The summed E-state index contributed by atoms with van der Waals surface area (Å²) in [7, 11) is -5.02. The average molecular weight is 446 g/mol. The maximum atomic E-state index is 10.8. The molecule has 0 saturated carbocycles. The number of benzene rings is 1. The van der Waals surface area contributed by atoms with E-state index in [-0.39, 0.29) is 22.8 Å². The van der Waals surface area contributed by atoms with Gasteiger partial charge in [0.15, 0.2) is 17.7 Å². The van der Waals surface area contributed by atoms with Gasteiger partial charge in [0, 0.05) is 5.56 Å². The summed E-state index contributed by atoms with van der Waals surface area (Å²) >= 11 is 0. The summed E-state index contributed by atoms with van der Waals surface area (Å²) in [6, 6.07) is 9.17. The first kappa shape index (κ1) is 21.4. The first-order valence-electron chi connectivity index (χ1n) is 9.00. The Balaban J connectivity index is 1.64. The molecular formula is C18H17N5O7P-. The van der Waals surface area contributed by atoms with Crippen LogP contribution < -0.4 is 10.6 Å². The van der Waals surface area contributed by atoms with Gasteiger partial charge < -0.3 is 35.0 Å². The highest BCUT2D eigenvalue weighted by molar-refractivity contribution is 7.44. The molecular weight excluding hydrogens is 429 g/mol. The number of phosphoric ester groups is 1. The molecule has 4 rings (SSSR count). The molecule has 12 nitrogen and oxygen atoms in total. The number of phosphoric acid groups is 1. The van der Waals surface area contributed by atoms with Gasteiger partial charge in [-0.15, -0.1) is 0 Å². The van der Waals surface area contributed by atoms with Gasteiger partial charge in [-0.1, -0.05) is 24.1 Å². The van der Waals surface area contributed by atoms with Crippen molar-refractivity contribution in [2.24, 2.45) is 0 Å². The number of ether oxygens (including phenoxy) is 1. The topological polar surface area (TPSA) is 189 Å². The first-order valence-corrected chi connectivity index (χ1v) is 10.5. The van der Waals surface area contributed by atoms with Crippen molar-refractivity contribution in [3.05, 3.63) is 48.0 Å². The van der Waals surface area contributed by atoms with Gasteiger partial charge in [-0.25, -0.2) is 15.0 Å². The van der Waals surface area contributed by atoms with E-state index in [9.17, 15) is 19.7 Å². The van der Waals surface area contributed by atoms with Crippen molar-refractivity contribution < 1.29 is 33.8 Å². The van der Waals surface area contributed by atoms with Gasteiger partial charge in [0.1, 0.15) is 23.8 Å². The van der Waals surface area contributed by atoms with Gasteiger partial charge in [0.2, 0.25) is 5.82 Å². The van der Waals surface area contributed by atoms with E-state index in [1.807, 2.05) is 30.3 Å². The lowest BCUT2D eigenvalue weighted by molar-refractivity contribution is -0.222. The molecule has 162 valence electrons. The second-order valence-electron chi connectivity index (χ2n) is 6.68. The van der Waals surface area contributed by atoms with E-state index in [0.29, 0.717) is 0 Å². The Bertz CT molecular complexity index is 1200. The maximum absolute atomic E-state index is 10.8. The van der Waals surface area contributed by atoms with Crippen molar-refractivity contribution in [3.8, 4) is 11.8 Å². The lowest BCUT2D eigenvalue weighted by Crippen LogP contribution is -2.34. The lowest BCUT2D eigenvalue weighted by atomic mass is 10.1. The Morgan fingerprint density at radius 3 is 2.68 bits per heavy atom. The number of nitrogens with two attached hydrogens (primary N) is 1. The fourth-order valence-corrected chi connectivity index (χ4v) is 3.43. The molecule has 31 heavy (non-hydrogen) atoms. The molecule has 0 aliphatic carbocycles. The SMILES string of the molecule is Nc1nc(C#Cc2ccccc2)nc2c1ncn2C1OC(COP(=O)([O-])O)C(O)C1O. The van der Waals surface area contributed by atoms with Crippen LogP contribution in [0.2, 0.25) is 0 Å². The Kier molecular flexibility index (Phi) is 5.74. The Morgan fingerprint density at radius 2 is 1.97 bits per heavy atom. The van der Waals surface area contributed by atoms with Crippen molar-refractivity contribution in [3.63, 3.8) is 0 Å². The van der Waals surface area contributed by atoms with Crippen LogP contribution in [-0.4, -0.2) is 59.5 Å². The third-order valence-corrected chi connectivity index (χ3v) is 5.03. The number of aliphatic hydroxyl groups excluding tert-OH is 2. The standard InChI is InChI=1S/C18H18N5O7P/c19-16-13-17(22-12(21-16)7-6-10-4-2-1-3-5-10)23(9-20-13)18-15(25)14(24)11(30-18)8-29-31(26,27)28/h1-5,9,11,14-15,18,24-25H,8H2,(H2,19,21,22)(H2,26,27,28)/p-1. The molecule has 0 bridgehead atoms. The quantitative estimate of drug-likeness (QED) is 0.281. The molecule has 1 aromatic carbocycles. The predicted molar refractivity (Wildman–Crippen MR) is 104 cm³/mol. The van der Waals surface area contributed by atoms with Crippen LogP contribution in [0.25, 0.3) is 11.2 Å². The maximum Gasteiger partial charge on any atom is 0.265 e. The number of rotatable bonds is 4. The second-order valence-corrected chi connectivity index (χ2v) is 7.88. The number of nitrogen functional groups attached to an aromatic ring is 1. The molecule has 0 amide bonds. The minimum Gasteiger partial charge on any atom is -0.756 e. The monoisotopic (exact) mass is 446 g/mol. The fraction of sp³-hybridized carbons (Fsp3) is 0.278. The number of imidazole rings is 1. The van der Waals surface area contributed by atoms with Gasteiger partial charge in [-0.05, 0) is 18.1 Å². The number of hydrogen-bond donors (Lipinski definition) is 4. The molecule has 1 aliphatic heterocycles. The lowest BCUT2D eigenvalue weighted by Gasteiger charge is -2.20. The molecule has 5 atom stereocenters. The van der Waals surface area contributed by atoms with Crippen LogP contribution in [-0.2, 0) is 13.8 Å². The van der Waals surface area contributed by atoms with Crippen LogP contribution in [0.3, 0.4) is 0 Å². The number of nitrogens with zero attached hydrogens (tertiary/aromatic N) is 4. The summed E-state index contributed by atoms with van der Waals surface area (Å²) in [6.45, 7) is -0.691. The van der Waals surface area contributed by atoms with Crippen LogP contribution in [0.15, 0.2) is 36.7 Å². The van der Waals surface area contributed by atoms with Crippen molar-refractivity contribution in [1.82, 2.24) is 19.5 Å². The molecule has 3 heterocycles. The fourth-order valence-electron chi connectivity index (χ4n) is 3.09. The van der Waals surface area contributed by atoms with Crippen molar-refractivity contribution in [2.45, 2.75) is 24.5 Å². The zero-order valence-electron chi connectivity index (χ0n) is 15.8. The number of aromatic nitrogens is 4. The van der Waals surface area contributed by atoms with Gasteiger partial charge in [0.25, 0.3) is 7.82 Å². The average Bonchev–Trinajstić information content (AvgIpc) is 3.27. The van der Waals surface area contributed by atoms with Crippen molar-refractivity contribution in [1.29, 1.82) is 0 Å². The highest BCUT2D eigenvalue weighted by atomic mass is 31.2. The normalized spacial score (nSPS) is 25.2. The summed E-state index contributed by atoms with van der Waals surface area (Å²) in [5.41, 5.74) is 7.14. The summed E-state index contributed by atoms with van der Waals surface area (Å²) in [5.74, 6) is 5.88. The van der Waals surface area contributed by atoms with Crippen LogP contribution in [0.5, 0.6) is 0 Å². The number of anilines is 1. The summed E-state index contributed by atoms with van der Waals surface area (Å²) < 4.78 is 21.9. The van der Waals surface area contributed by atoms with E-state index < -0.39 is 39.0 Å². The molecule has 0 radical (unpaired) electrons. The molecule has 1 fully saturated rings. The molecule has 5 N–H and O–H groups in total. The van der Waals surface area contributed by atoms with Crippen molar-refractivity contribution >= 4 is 24.8 Å². The molecule has 1 aliphatic rings. The van der Waals surface area contributed by atoms with E-state index in [1.54, 1.807) is 0 Å². The second kappa shape index (κ2) is 8.33. The molecule has 3 aromatic rings. The van der Waals surface area contributed by atoms with Crippen LogP contribution in [0, 0.1) is 11.8 Å². The molecule has 2 aromatic heterocycles. The van der Waals surface area contributed by atoms with Gasteiger partial charge in [0.05, 0.1) is 12.9 Å². The van der Waals surface area contributed by atoms with Gasteiger partial charge >= 0.3 is 0 Å². The van der Waals surface area contributed by atoms with E-state index in [0.717, 1.165) is 5.56 Å². The molecule has 1 saturated heterocycles. The summed E-state index contributed by atoms with van der Waals surface area (Å²) in [4.78, 5) is 32.1. The highest BCUT2D eigenvalue weighted by Gasteiger charge is 2.44. The van der Waals surface area contributed by atoms with E-state index >= 15 is 0 Å². The third kappa shape index (κ3) is 4.58.